The second-order valence-electron chi connectivity index (χ2n) is 4.43. The second-order valence-corrected chi connectivity index (χ2v) is 6.54. The molecular weight excluding hydrogens is 262 g/mol. The van der Waals surface area contributed by atoms with Crippen molar-refractivity contribution >= 4 is 9.84 Å². The van der Waals surface area contributed by atoms with E-state index in [1.807, 2.05) is 26.0 Å². The van der Waals surface area contributed by atoms with Gasteiger partial charge in [0.05, 0.1) is 10.6 Å². The van der Waals surface area contributed by atoms with Gasteiger partial charge < -0.3 is 10.1 Å². The minimum Gasteiger partial charge on any atom is -0.382 e. The fourth-order valence-electron chi connectivity index (χ4n) is 1.64. The number of nitrogens with one attached hydrogen (secondary N) is 1. The van der Waals surface area contributed by atoms with Gasteiger partial charge >= 0.3 is 0 Å². The normalized spacial score (nSPS) is 11.7. The topological polar surface area (TPSA) is 55.4 Å². The van der Waals surface area contributed by atoms with Gasteiger partial charge in [-0.3, -0.25) is 0 Å². The van der Waals surface area contributed by atoms with E-state index in [0.29, 0.717) is 18.0 Å². The number of rotatable bonds is 9. The van der Waals surface area contributed by atoms with Crippen LogP contribution >= 0.6 is 0 Å². The van der Waals surface area contributed by atoms with Crippen molar-refractivity contribution in [3.8, 4) is 0 Å². The molecule has 0 spiro atoms. The molecule has 5 heteroatoms. The molecule has 1 N–H and O–H groups in total. The maximum Gasteiger partial charge on any atom is 0.179 e. The molecule has 0 aliphatic carbocycles. The molecule has 1 aromatic rings. The van der Waals surface area contributed by atoms with E-state index in [1.54, 1.807) is 12.1 Å². The van der Waals surface area contributed by atoms with Crippen LogP contribution in [0, 0.1) is 6.92 Å². The minimum atomic E-state index is -3.17. The highest BCUT2D eigenvalue weighted by atomic mass is 32.2. The third kappa shape index (κ3) is 6.18. The van der Waals surface area contributed by atoms with Crippen LogP contribution in [0.25, 0.3) is 0 Å². The van der Waals surface area contributed by atoms with Crippen LogP contribution in [0.2, 0.25) is 0 Å². The first-order valence-electron chi connectivity index (χ1n) is 6.64. The van der Waals surface area contributed by atoms with Gasteiger partial charge in [-0.25, -0.2) is 8.42 Å². The summed E-state index contributed by atoms with van der Waals surface area (Å²) in [5, 5.41) is 3.12. The Bertz CT molecular complexity index is 454. The summed E-state index contributed by atoms with van der Waals surface area (Å²) in [6.45, 7) is 6.60. The van der Waals surface area contributed by atoms with Gasteiger partial charge in [0, 0.05) is 19.8 Å². The van der Waals surface area contributed by atoms with Crippen molar-refractivity contribution in [3.05, 3.63) is 29.8 Å². The predicted molar refractivity (Wildman–Crippen MR) is 77.2 cm³/mol. The Labute approximate surface area is 116 Å². The van der Waals surface area contributed by atoms with E-state index >= 15 is 0 Å². The lowest BCUT2D eigenvalue weighted by atomic mass is 10.2. The molecular formula is C14H23NO3S. The summed E-state index contributed by atoms with van der Waals surface area (Å²) in [7, 11) is -3.17. The molecule has 0 aliphatic heterocycles. The summed E-state index contributed by atoms with van der Waals surface area (Å²) in [6.07, 6.45) is 0.901. The van der Waals surface area contributed by atoms with E-state index in [9.17, 15) is 8.42 Å². The Hall–Kier alpha value is -0.910. The lowest BCUT2D eigenvalue weighted by Gasteiger charge is -2.07. The smallest absolute Gasteiger partial charge is 0.179 e. The molecule has 1 aromatic carbocycles. The molecule has 4 nitrogen and oxygen atoms in total. The zero-order valence-electron chi connectivity index (χ0n) is 11.7. The third-order valence-corrected chi connectivity index (χ3v) is 4.51. The van der Waals surface area contributed by atoms with Crippen molar-refractivity contribution in [2.45, 2.75) is 25.2 Å². The van der Waals surface area contributed by atoms with Gasteiger partial charge in [-0.05, 0) is 38.9 Å². The molecule has 0 atom stereocenters. The molecule has 19 heavy (non-hydrogen) atoms. The first kappa shape index (κ1) is 16.1. The first-order chi connectivity index (χ1) is 9.06. The zero-order valence-corrected chi connectivity index (χ0v) is 12.5. The highest BCUT2D eigenvalue weighted by Gasteiger charge is 2.12. The van der Waals surface area contributed by atoms with E-state index in [1.165, 1.54) is 0 Å². The maximum atomic E-state index is 12.0. The van der Waals surface area contributed by atoms with E-state index in [-0.39, 0.29) is 5.75 Å². The summed E-state index contributed by atoms with van der Waals surface area (Å²) < 4.78 is 29.2. The molecule has 0 heterocycles. The molecule has 0 aromatic heterocycles. The van der Waals surface area contributed by atoms with Crippen LogP contribution in [-0.4, -0.2) is 40.5 Å². The van der Waals surface area contributed by atoms with Crippen LogP contribution in [-0.2, 0) is 14.6 Å². The first-order valence-corrected chi connectivity index (χ1v) is 8.29. The van der Waals surface area contributed by atoms with Crippen molar-refractivity contribution in [2.75, 3.05) is 32.1 Å². The number of benzene rings is 1. The number of sulfone groups is 1. The molecule has 0 unspecified atom stereocenters. The van der Waals surface area contributed by atoms with Gasteiger partial charge in [-0.15, -0.1) is 0 Å². The van der Waals surface area contributed by atoms with Crippen molar-refractivity contribution in [3.63, 3.8) is 0 Å². The van der Waals surface area contributed by atoms with Crippen LogP contribution in [0.15, 0.2) is 29.2 Å². The van der Waals surface area contributed by atoms with Crippen LogP contribution < -0.4 is 5.32 Å². The van der Waals surface area contributed by atoms with Gasteiger partial charge in [0.1, 0.15) is 0 Å². The molecule has 0 bridgehead atoms. The maximum absolute atomic E-state index is 12.0. The van der Waals surface area contributed by atoms with Crippen LogP contribution in [0.3, 0.4) is 0 Å². The van der Waals surface area contributed by atoms with Gasteiger partial charge in [0.25, 0.3) is 0 Å². The molecule has 108 valence electrons. The minimum absolute atomic E-state index is 0.130. The van der Waals surface area contributed by atoms with E-state index in [0.717, 1.165) is 25.1 Å². The predicted octanol–water partition coefficient (Wildman–Crippen LogP) is 1.78. The summed E-state index contributed by atoms with van der Waals surface area (Å²) >= 11 is 0. The number of hydrogen-bond acceptors (Lipinski definition) is 4. The molecule has 1 rings (SSSR count). The summed E-state index contributed by atoms with van der Waals surface area (Å²) in [6, 6.07) is 6.98. The van der Waals surface area contributed by atoms with E-state index in [4.69, 9.17) is 4.74 Å². The standard InChI is InChI=1S/C14H23NO3S/c1-3-18-11-4-9-15-10-12-19(16,17)14-7-5-13(2)6-8-14/h5-8,15H,3-4,9-12H2,1-2H3. The van der Waals surface area contributed by atoms with E-state index < -0.39 is 9.84 Å². The van der Waals surface area contributed by atoms with Crippen molar-refractivity contribution < 1.29 is 13.2 Å². The fraction of sp³-hybridized carbons (Fsp3) is 0.571. The summed E-state index contributed by atoms with van der Waals surface area (Å²) in [5.74, 6) is 0.130. The van der Waals surface area contributed by atoms with E-state index in [2.05, 4.69) is 5.32 Å². The van der Waals surface area contributed by atoms with Crippen molar-refractivity contribution in [1.82, 2.24) is 5.32 Å². The van der Waals surface area contributed by atoms with Crippen LogP contribution in [0.5, 0.6) is 0 Å². The Balaban J connectivity index is 2.29. The Kier molecular flexibility index (Phi) is 7.05. The van der Waals surface area contributed by atoms with Gasteiger partial charge in [-0.1, -0.05) is 17.7 Å². The van der Waals surface area contributed by atoms with Crippen molar-refractivity contribution in [2.24, 2.45) is 0 Å². The molecule has 0 aliphatic rings. The largest absolute Gasteiger partial charge is 0.382 e. The fourth-order valence-corrected chi connectivity index (χ4v) is 2.84. The highest BCUT2D eigenvalue weighted by Crippen LogP contribution is 2.11. The van der Waals surface area contributed by atoms with Gasteiger partial charge in [0.2, 0.25) is 0 Å². The lowest BCUT2D eigenvalue weighted by Crippen LogP contribution is -2.24. The number of hydrogen-bond donors (Lipinski definition) is 1. The number of ether oxygens (including phenoxy) is 1. The Morgan fingerprint density at radius 1 is 1.16 bits per heavy atom. The number of aryl methyl sites for hydroxylation is 1. The molecule has 0 saturated heterocycles. The summed E-state index contributed by atoms with van der Waals surface area (Å²) in [4.78, 5) is 0.397. The van der Waals surface area contributed by atoms with Crippen LogP contribution in [0.1, 0.15) is 18.9 Å². The molecule has 0 amide bonds. The molecule has 0 radical (unpaired) electrons. The second kappa shape index (κ2) is 8.30. The average Bonchev–Trinajstić information content (AvgIpc) is 2.38. The van der Waals surface area contributed by atoms with Gasteiger partial charge in [0.15, 0.2) is 9.84 Å². The SMILES string of the molecule is CCOCCCNCCS(=O)(=O)c1ccc(C)cc1. The zero-order chi connectivity index (χ0) is 14.1. The third-order valence-electron chi connectivity index (χ3n) is 2.77. The monoisotopic (exact) mass is 285 g/mol. The highest BCUT2D eigenvalue weighted by molar-refractivity contribution is 7.91. The Morgan fingerprint density at radius 3 is 2.47 bits per heavy atom. The molecule has 0 fully saturated rings. The lowest BCUT2D eigenvalue weighted by molar-refractivity contribution is 0.145. The molecule has 0 saturated carbocycles. The van der Waals surface area contributed by atoms with Crippen LogP contribution in [0.4, 0.5) is 0 Å². The van der Waals surface area contributed by atoms with Crippen molar-refractivity contribution in [1.29, 1.82) is 0 Å². The quantitative estimate of drug-likeness (QED) is 0.703. The van der Waals surface area contributed by atoms with Gasteiger partial charge in [-0.2, -0.15) is 0 Å². The Morgan fingerprint density at radius 2 is 1.84 bits per heavy atom. The average molecular weight is 285 g/mol. The summed E-state index contributed by atoms with van der Waals surface area (Å²) in [5.41, 5.74) is 1.06.